The van der Waals surface area contributed by atoms with E-state index in [0.29, 0.717) is 26.4 Å². The summed E-state index contributed by atoms with van der Waals surface area (Å²) in [6.07, 6.45) is 4.36. The van der Waals surface area contributed by atoms with Crippen LogP contribution in [-0.4, -0.2) is 58.7 Å². The monoisotopic (exact) mass is 491 g/mol. The summed E-state index contributed by atoms with van der Waals surface area (Å²) < 4.78 is 22.6. The van der Waals surface area contributed by atoms with Gasteiger partial charge in [-0.2, -0.15) is 0 Å². The number of hydrogen-bond acceptors (Lipinski definition) is 5. The minimum Gasteiger partial charge on any atom is -0.490 e. The molecule has 27 heavy (non-hydrogen) atoms. The first kappa shape index (κ1) is 22.0. The topological polar surface area (TPSA) is 73.3 Å². The molecule has 0 spiro atoms. The maximum Gasteiger partial charge on any atom is 0.195 e. The van der Waals surface area contributed by atoms with Crippen LogP contribution >= 0.6 is 24.0 Å². The van der Waals surface area contributed by atoms with Gasteiger partial charge in [0.25, 0.3) is 0 Å². The number of anilines is 1. The van der Waals surface area contributed by atoms with E-state index in [1.807, 2.05) is 18.2 Å². The molecule has 1 aromatic carbocycles. The number of ether oxygens (including phenoxy) is 4. The number of guanidine groups is 1. The molecule has 8 heteroatoms. The van der Waals surface area contributed by atoms with Gasteiger partial charge in [0.2, 0.25) is 0 Å². The van der Waals surface area contributed by atoms with Gasteiger partial charge in [0.15, 0.2) is 17.5 Å². The zero-order valence-corrected chi connectivity index (χ0v) is 18.2. The number of nitrogens with one attached hydrogen (secondary N) is 2. The fraction of sp³-hybridized carbons (Fsp3) is 0.632. The Labute approximate surface area is 178 Å². The van der Waals surface area contributed by atoms with Crippen LogP contribution in [-0.2, 0) is 9.47 Å². The number of nitrogens with zero attached hydrogens (tertiary/aromatic N) is 1. The Morgan fingerprint density at radius 3 is 2.81 bits per heavy atom. The first-order valence-electron chi connectivity index (χ1n) is 9.42. The van der Waals surface area contributed by atoms with Crippen LogP contribution in [0.5, 0.6) is 11.5 Å². The smallest absolute Gasteiger partial charge is 0.195 e. The lowest BCUT2D eigenvalue weighted by Gasteiger charge is -2.14. The van der Waals surface area contributed by atoms with Gasteiger partial charge in [-0.25, -0.2) is 0 Å². The van der Waals surface area contributed by atoms with Gasteiger partial charge in [0.1, 0.15) is 0 Å². The number of fused-ring (bicyclic) bond motifs is 1. The lowest BCUT2D eigenvalue weighted by atomic mass is 10.2. The molecule has 1 aromatic rings. The molecule has 2 N–H and O–H groups in total. The van der Waals surface area contributed by atoms with Crippen LogP contribution in [0.1, 0.15) is 25.7 Å². The summed E-state index contributed by atoms with van der Waals surface area (Å²) in [6.45, 7) is 4.44. The Morgan fingerprint density at radius 1 is 1.19 bits per heavy atom. The Bertz CT molecular complexity index is 594. The zero-order chi connectivity index (χ0) is 18.0. The number of benzene rings is 1. The molecule has 2 aliphatic heterocycles. The Balaban J connectivity index is 0.00000261. The fourth-order valence-corrected chi connectivity index (χ4v) is 2.93. The van der Waals surface area contributed by atoms with Gasteiger partial charge in [-0.15, -0.1) is 24.0 Å². The third kappa shape index (κ3) is 7.34. The van der Waals surface area contributed by atoms with Crippen molar-refractivity contribution in [3.05, 3.63) is 18.2 Å². The van der Waals surface area contributed by atoms with Crippen LogP contribution in [0.15, 0.2) is 23.2 Å². The van der Waals surface area contributed by atoms with E-state index in [9.17, 15) is 0 Å². The SMILES string of the molecule is CN=C(NCCCOCC1CCCO1)Nc1ccc2c(c1)OCCCO2.I. The normalized spacial score (nSPS) is 19.1. The fourth-order valence-electron chi connectivity index (χ4n) is 2.93. The number of hydrogen-bond donors (Lipinski definition) is 2. The molecule has 1 unspecified atom stereocenters. The predicted octanol–water partition coefficient (Wildman–Crippen LogP) is 3.04. The molecule has 0 amide bonds. The van der Waals surface area contributed by atoms with Gasteiger partial charge in [-0.05, 0) is 31.4 Å². The summed E-state index contributed by atoms with van der Waals surface area (Å²) in [5.41, 5.74) is 0.914. The van der Waals surface area contributed by atoms with Crippen LogP contribution in [0.25, 0.3) is 0 Å². The predicted molar refractivity (Wildman–Crippen MR) is 117 cm³/mol. The number of rotatable bonds is 7. The first-order valence-corrected chi connectivity index (χ1v) is 9.42. The highest BCUT2D eigenvalue weighted by atomic mass is 127. The van der Waals surface area contributed by atoms with E-state index in [0.717, 1.165) is 62.0 Å². The molecular weight excluding hydrogens is 461 g/mol. The van der Waals surface area contributed by atoms with Crippen LogP contribution in [0, 0.1) is 0 Å². The van der Waals surface area contributed by atoms with E-state index in [4.69, 9.17) is 18.9 Å². The van der Waals surface area contributed by atoms with Gasteiger partial charge in [0, 0.05) is 45.0 Å². The molecule has 3 rings (SSSR count). The van der Waals surface area contributed by atoms with Crippen molar-refractivity contribution in [1.82, 2.24) is 5.32 Å². The summed E-state index contributed by atoms with van der Waals surface area (Å²) in [4.78, 5) is 4.26. The highest BCUT2D eigenvalue weighted by Gasteiger charge is 2.15. The largest absolute Gasteiger partial charge is 0.490 e. The molecule has 152 valence electrons. The van der Waals surface area contributed by atoms with Gasteiger partial charge in [-0.1, -0.05) is 0 Å². The molecule has 2 heterocycles. The summed E-state index contributed by atoms with van der Waals surface area (Å²) in [5, 5.41) is 6.57. The first-order chi connectivity index (χ1) is 12.8. The van der Waals surface area contributed by atoms with Crippen LogP contribution < -0.4 is 20.1 Å². The lowest BCUT2D eigenvalue weighted by Crippen LogP contribution is -2.32. The second kappa shape index (κ2) is 12.2. The molecule has 1 saturated heterocycles. The maximum absolute atomic E-state index is 5.72. The van der Waals surface area contributed by atoms with Gasteiger partial charge >= 0.3 is 0 Å². The Kier molecular flexibility index (Phi) is 10.00. The summed E-state index contributed by atoms with van der Waals surface area (Å²) >= 11 is 0. The van der Waals surface area contributed by atoms with Crippen molar-refractivity contribution in [2.45, 2.75) is 31.8 Å². The minimum absolute atomic E-state index is 0. The van der Waals surface area contributed by atoms with E-state index < -0.39 is 0 Å². The molecule has 7 nitrogen and oxygen atoms in total. The third-order valence-electron chi connectivity index (χ3n) is 4.32. The van der Waals surface area contributed by atoms with Crippen molar-refractivity contribution in [2.75, 3.05) is 51.9 Å². The van der Waals surface area contributed by atoms with E-state index in [2.05, 4.69) is 15.6 Å². The number of halogens is 1. The average molecular weight is 491 g/mol. The number of aliphatic imine (C=N–C) groups is 1. The van der Waals surface area contributed by atoms with Crippen molar-refractivity contribution in [3.8, 4) is 11.5 Å². The molecule has 0 radical (unpaired) electrons. The Morgan fingerprint density at radius 2 is 2.04 bits per heavy atom. The second-order valence-electron chi connectivity index (χ2n) is 6.40. The quantitative estimate of drug-likeness (QED) is 0.265. The molecule has 1 atom stereocenters. The van der Waals surface area contributed by atoms with Gasteiger partial charge < -0.3 is 29.6 Å². The molecule has 0 aromatic heterocycles. The van der Waals surface area contributed by atoms with Gasteiger partial charge in [-0.3, -0.25) is 4.99 Å². The van der Waals surface area contributed by atoms with E-state index in [-0.39, 0.29) is 30.1 Å². The lowest BCUT2D eigenvalue weighted by molar-refractivity contribution is 0.0168. The van der Waals surface area contributed by atoms with Crippen molar-refractivity contribution in [2.24, 2.45) is 4.99 Å². The molecule has 2 aliphatic rings. The highest BCUT2D eigenvalue weighted by molar-refractivity contribution is 14.0. The van der Waals surface area contributed by atoms with Gasteiger partial charge in [0.05, 0.1) is 25.9 Å². The second-order valence-corrected chi connectivity index (χ2v) is 6.40. The molecule has 0 aliphatic carbocycles. The molecule has 0 bridgehead atoms. The van der Waals surface area contributed by atoms with E-state index in [1.54, 1.807) is 7.05 Å². The van der Waals surface area contributed by atoms with Crippen molar-refractivity contribution < 1.29 is 18.9 Å². The van der Waals surface area contributed by atoms with Crippen LogP contribution in [0.3, 0.4) is 0 Å². The summed E-state index contributed by atoms with van der Waals surface area (Å²) in [7, 11) is 1.76. The highest BCUT2D eigenvalue weighted by Crippen LogP contribution is 2.32. The standard InChI is InChI=1S/C19H29N3O4.HI/c1-20-19(21-8-3-9-23-14-16-5-2-10-24-16)22-15-6-7-17-18(13-15)26-12-4-11-25-17;/h6-7,13,16H,2-5,8-12,14H2,1H3,(H2,20,21,22);1H. The molecular formula is C19H30IN3O4. The van der Waals surface area contributed by atoms with Crippen LogP contribution in [0.4, 0.5) is 5.69 Å². The molecule has 0 saturated carbocycles. The van der Waals surface area contributed by atoms with Crippen molar-refractivity contribution >= 4 is 35.6 Å². The molecule has 1 fully saturated rings. The minimum atomic E-state index is 0. The zero-order valence-electron chi connectivity index (χ0n) is 15.9. The van der Waals surface area contributed by atoms with Crippen molar-refractivity contribution in [3.63, 3.8) is 0 Å². The maximum atomic E-state index is 5.72. The Hall–Kier alpha value is -1.26. The van der Waals surface area contributed by atoms with Crippen molar-refractivity contribution in [1.29, 1.82) is 0 Å². The summed E-state index contributed by atoms with van der Waals surface area (Å²) in [5.74, 6) is 2.28. The van der Waals surface area contributed by atoms with E-state index in [1.165, 1.54) is 0 Å². The van der Waals surface area contributed by atoms with Crippen LogP contribution in [0.2, 0.25) is 0 Å². The summed E-state index contributed by atoms with van der Waals surface area (Å²) in [6, 6.07) is 5.83. The average Bonchev–Trinajstić information content (AvgIpc) is 3.07. The van der Waals surface area contributed by atoms with E-state index >= 15 is 0 Å². The third-order valence-corrected chi connectivity index (χ3v) is 4.32.